The Morgan fingerprint density at radius 3 is 2.55 bits per heavy atom. The molecule has 116 valence electrons. The first-order valence-electron chi connectivity index (χ1n) is 7.64. The number of morpholine rings is 1. The van der Waals surface area contributed by atoms with Crippen molar-refractivity contribution < 1.29 is 9.47 Å². The molecule has 0 radical (unpaired) electrons. The van der Waals surface area contributed by atoms with Crippen LogP contribution in [0.5, 0.6) is 5.75 Å². The van der Waals surface area contributed by atoms with E-state index >= 15 is 0 Å². The van der Waals surface area contributed by atoms with Crippen molar-refractivity contribution >= 4 is 5.69 Å². The molecule has 4 nitrogen and oxygen atoms in total. The number of methoxy groups -OCH3 is 1. The minimum absolute atomic E-state index is 0.171. The molecule has 22 heavy (non-hydrogen) atoms. The molecule has 4 heteroatoms. The van der Waals surface area contributed by atoms with Gasteiger partial charge in [0.15, 0.2) is 0 Å². The van der Waals surface area contributed by atoms with Gasteiger partial charge in [-0.1, -0.05) is 24.3 Å². The van der Waals surface area contributed by atoms with Crippen molar-refractivity contribution in [1.29, 1.82) is 0 Å². The molecule has 1 aliphatic heterocycles. The van der Waals surface area contributed by atoms with Crippen LogP contribution in [0.4, 0.5) is 5.69 Å². The molecule has 1 aliphatic rings. The molecule has 0 bridgehead atoms. The Hall–Kier alpha value is -2.04. The lowest BCUT2D eigenvalue weighted by Crippen LogP contribution is -2.33. The third-order valence-electron chi connectivity index (χ3n) is 3.87. The second kappa shape index (κ2) is 7.29. The summed E-state index contributed by atoms with van der Waals surface area (Å²) in [5.74, 6) is 0.884. The number of hydrogen-bond acceptors (Lipinski definition) is 4. The summed E-state index contributed by atoms with van der Waals surface area (Å²) in [6.45, 7) is 3.41. The van der Waals surface area contributed by atoms with E-state index in [0.717, 1.165) is 37.7 Å². The molecule has 3 rings (SSSR count). The zero-order chi connectivity index (χ0) is 15.2. The minimum atomic E-state index is 0.171. The Morgan fingerprint density at radius 2 is 1.91 bits per heavy atom. The van der Waals surface area contributed by atoms with Gasteiger partial charge in [-0.05, 0) is 35.4 Å². The minimum Gasteiger partial charge on any atom is -0.497 e. The smallest absolute Gasteiger partial charge is 0.118 e. The van der Waals surface area contributed by atoms with Crippen LogP contribution in [0.15, 0.2) is 48.5 Å². The van der Waals surface area contributed by atoms with Crippen LogP contribution in [0.3, 0.4) is 0 Å². The molecule has 0 saturated carbocycles. The molecule has 0 aliphatic carbocycles. The second-order valence-corrected chi connectivity index (χ2v) is 5.39. The third-order valence-corrected chi connectivity index (χ3v) is 3.87. The zero-order valence-corrected chi connectivity index (χ0v) is 12.8. The van der Waals surface area contributed by atoms with Gasteiger partial charge < -0.3 is 20.1 Å². The predicted octanol–water partition coefficient (Wildman–Crippen LogP) is 2.97. The molecule has 0 spiro atoms. The van der Waals surface area contributed by atoms with E-state index in [2.05, 4.69) is 47.0 Å². The lowest BCUT2D eigenvalue weighted by molar-refractivity contribution is 0.0277. The summed E-state index contributed by atoms with van der Waals surface area (Å²) >= 11 is 0. The SMILES string of the molecule is COc1ccc(CNc2ccc(C3CNCCO3)cc2)cc1. The first-order valence-corrected chi connectivity index (χ1v) is 7.64. The van der Waals surface area contributed by atoms with Crippen molar-refractivity contribution in [2.24, 2.45) is 0 Å². The maximum Gasteiger partial charge on any atom is 0.118 e. The van der Waals surface area contributed by atoms with Gasteiger partial charge in [0.2, 0.25) is 0 Å². The average molecular weight is 298 g/mol. The van der Waals surface area contributed by atoms with Crippen LogP contribution >= 0.6 is 0 Å². The van der Waals surface area contributed by atoms with E-state index in [1.807, 2.05) is 12.1 Å². The fourth-order valence-electron chi connectivity index (χ4n) is 2.54. The van der Waals surface area contributed by atoms with Crippen molar-refractivity contribution in [2.45, 2.75) is 12.6 Å². The summed E-state index contributed by atoms with van der Waals surface area (Å²) < 4.78 is 10.9. The summed E-state index contributed by atoms with van der Waals surface area (Å²) in [4.78, 5) is 0. The van der Waals surface area contributed by atoms with Crippen LogP contribution in [0.1, 0.15) is 17.2 Å². The number of nitrogens with one attached hydrogen (secondary N) is 2. The Balaban J connectivity index is 1.56. The highest BCUT2D eigenvalue weighted by Crippen LogP contribution is 2.21. The van der Waals surface area contributed by atoms with Crippen LogP contribution in [0.25, 0.3) is 0 Å². The summed E-state index contributed by atoms with van der Waals surface area (Å²) in [5.41, 5.74) is 3.57. The van der Waals surface area contributed by atoms with Gasteiger partial charge in [0, 0.05) is 25.3 Å². The molecule has 1 atom stereocenters. The normalized spacial score (nSPS) is 18.0. The Bertz CT molecular complexity index is 575. The van der Waals surface area contributed by atoms with E-state index < -0.39 is 0 Å². The molecular weight excluding hydrogens is 276 g/mol. The van der Waals surface area contributed by atoms with E-state index in [-0.39, 0.29) is 6.10 Å². The van der Waals surface area contributed by atoms with Crippen molar-refractivity contribution in [1.82, 2.24) is 5.32 Å². The zero-order valence-electron chi connectivity index (χ0n) is 12.8. The summed E-state index contributed by atoms with van der Waals surface area (Å²) in [7, 11) is 1.68. The first-order chi connectivity index (χ1) is 10.8. The van der Waals surface area contributed by atoms with Gasteiger partial charge in [-0.3, -0.25) is 0 Å². The molecular formula is C18H22N2O2. The maximum atomic E-state index is 5.76. The Kier molecular flexibility index (Phi) is 4.93. The number of rotatable bonds is 5. The van der Waals surface area contributed by atoms with Crippen LogP contribution in [-0.4, -0.2) is 26.8 Å². The van der Waals surface area contributed by atoms with Gasteiger partial charge in [0.1, 0.15) is 5.75 Å². The summed E-state index contributed by atoms with van der Waals surface area (Å²) in [6.07, 6.45) is 0.171. The number of hydrogen-bond donors (Lipinski definition) is 2. The largest absolute Gasteiger partial charge is 0.497 e. The van der Waals surface area contributed by atoms with Crippen LogP contribution in [0, 0.1) is 0 Å². The molecule has 1 fully saturated rings. The van der Waals surface area contributed by atoms with E-state index in [0.29, 0.717) is 0 Å². The number of ether oxygens (including phenoxy) is 2. The van der Waals surface area contributed by atoms with Crippen molar-refractivity contribution in [3.8, 4) is 5.75 Å². The molecule has 1 saturated heterocycles. The lowest BCUT2D eigenvalue weighted by Gasteiger charge is -2.24. The highest BCUT2D eigenvalue weighted by atomic mass is 16.5. The fourth-order valence-corrected chi connectivity index (χ4v) is 2.54. The van der Waals surface area contributed by atoms with Gasteiger partial charge >= 0.3 is 0 Å². The quantitative estimate of drug-likeness (QED) is 0.890. The van der Waals surface area contributed by atoms with Crippen molar-refractivity contribution in [3.05, 3.63) is 59.7 Å². The van der Waals surface area contributed by atoms with Crippen molar-refractivity contribution in [3.63, 3.8) is 0 Å². The number of anilines is 1. The molecule has 0 aromatic heterocycles. The molecule has 1 unspecified atom stereocenters. The van der Waals surface area contributed by atoms with E-state index in [1.54, 1.807) is 7.11 Å². The van der Waals surface area contributed by atoms with Crippen molar-refractivity contribution in [2.75, 3.05) is 32.1 Å². The summed E-state index contributed by atoms with van der Waals surface area (Å²) in [5, 5.41) is 6.78. The molecule has 2 aromatic rings. The van der Waals surface area contributed by atoms with E-state index in [9.17, 15) is 0 Å². The molecule has 2 aromatic carbocycles. The Morgan fingerprint density at radius 1 is 1.14 bits per heavy atom. The highest BCUT2D eigenvalue weighted by molar-refractivity contribution is 5.46. The molecule has 1 heterocycles. The monoisotopic (exact) mass is 298 g/mol. The standard InChI is InChI=1S/C18H22N2O2/c1-21-17-8-2-14(3-9-17)12-20-16-6-4-15(5-7-16)18-13-19-10-11-22-18/h2-9,18-20H,10-13H2,1H3. The topological polar surface area (TPSA) is 42.5 Å². The number of benzene rings is 2. The van der Waals surface area contributed by atoms with Gasteiger partial charge in [-0.25, -0.2) is 0 Å². The third kappa shape index (κ3) is 3.78. The molecule has 2 N–H and O–H groups in total. The van der Waals surface area contributed by atoms with Gasteiger partial charge in [0.05, 0.1) is 19.8 Å². The molecule has 0 amide bonds. The second-order valence-electron chi connectivity index (χ2n) is 5.39. The van der Waals surface area contributed by atoms with E-state index in [4.69, 9.17) is 9.47 Å². The van der Waals surface area contributed by atoms with Crippen LogP contribution < -0.4 is 15.4 Å². The fraction of sp³-hybridized carbons (Fsp3) is 0.333. The maximum absolute atomic E-state index is 5.76. The predicted molar refractivity (Wildman–Crippen MR) is 88.3 cm³/mol. The van der Waals surface area contributed by atoms with Gasteiger partial charge in [0.25, 0.3) is 0 Å². The highest BCUT2D eigenvalue weighted by Gasteiger charge is 2.14. The first kappa shape index (κ1) is 14.9. The van der Waals surface area contributed by atoms with Gasteiger partial charge in [-0.2, -0.15) is 0 Å². The summed E-state index contributed by atoms with van der Waals surface area (Å²) in [6, 6.07) is 16.6. The lowest BCUT2D eigenvalue weighted by atomic mass is 10.1. The van der Waals surface area contributed by atoms with E-state index in [1.165, 1.54) is 11.1 Å². The van der Waals surface area contributed by atoms with Crippen LogP contribution in [0.2, 0.25) is 0 Å². The van der Waals surface area contributed by atoms with Crippen LogP contribution in [-0.2, 0) is 11.3 Å². The van der Waals surface area contributed by atoms with Gasteiger partial charge in [-0.15, -0.1) is 0 Å². The Labute approximate surface area is 131 Å². The average Bonchev–Trinajstić information content (AvgIpc) is 2.61.